The van der Waals surface area contributed by atoms with Gasteiger partial charge >= 0.3 is 0 Å². The summed E-state index contributed by atoms with van der Waals surface area (Å²) in [6, 6.07) is 71.8. The van der Waals surface area contributed by atoms with Gasteiger partial charge in [0.2, 0.25) is 0 Å². The Bertz CT molecular complexity index is 3510. The molecule has 0 saturated heterocycles. The number of rotatable bonds is 4. The summed E-state index contributed by atoms with van der Waals surface area (Å²) in [5.74, 6) is 0. The van der Waals surface area contributed by atoms with Gasteiger partial charge in [-0.2, -0.15) is 0 Å². The van der Waals surface area contributed by atoms with Gasteiger partial charge in [0.25, 0.3) is 0 Å². The molecule has 58 heavy (non-hydrogen) atoms. The van der Waals surface area contributed by atoms with Gasteiger partial charge in [0.15, 0.2) is 0 Å². The molecule has 0 N–H and O–H groups in total. The quantitative estimate of drug-likeness (QED) is 0.169. The van der Waals surface area contributed by atoms with Gasteiger partial charge in [-0.1, -0.05) is 121 Å². The number of aromatic nitrogens is 2. The molecule has 9 aromatic carbocycles. The number of benzene rings is 9. The van der Waals surface area contributed by atoms with Gasteiger partial charge in [-0.05, 0) is 95.1 Å². The topological polar surface area (TPSA) is 9.86 Å². The summed E-state index contributed by atoms with van der Waals surface area (Å²) in [5.41, 5.74) is 12.1. The SMILES string of the molecule is c1ccc2c(c1)sc1cc3c(cc12)c1ccccc1n3-c1ccc(-c2ccc(-c3ccc(-n4c5ccccc5c5cc6c(cc54)sc4ccccc46)cc3)cc2)cc1. The molecule has 4 aromatic heterocycles. The van der Waals surface area contributed by atoms with Crippen LogP contribution in [-0.2, 0) is 0 Å². The van der Waals surface area contributed by atoms with Crippen LogP contribution in [0.25, 0.3) is 118 Å². The van der Waals surface area contributed by atoms with Crippen LogP contribution in [0.3, 0.4) is 0 Å². The third-order valence-corrected chi connectivity index (χ3v) is 14.4. The Morgan fingerprint density at radius 2 is 0.586 bits per heavy atom. The summed E-state index contributed by atoms with van der Waals surface area (Å²) < 4.78 is 10.2. The zero-order valence-corrected chi connectivity index (χ0v) is 32.8. The summed E-state index contributed by atoms with van der Waals surface area (Å²) in [6.45, 7) is 0. The zero-order valence-electron chi connectivity index (χ0n) is 31.2. The smallest absolute Gasteiger partial charge is 0.0555 e. The standard InChI is InChI=1S/C54H32N2S2/c1-5-13-47-39(9-1)43-29-45-41-11-3-7-15-51(41)57-53(45)31-49(43)55(47)37-25-21-35(22-26-37)33-17-19-34(20-18-33)36-23-27-38(28-24-36)56-48-14-6-2-10-40(48)44-30-46-42-12-4-8-16-52(42)58-54(46)32-50(44)56/h1-32H. The highest BCUT2D eigenvalue weighted by Crippen LogP contribution is 2.42. The van der Waals surface area contributed by atoms with E-state index in [4.69, 9.17) is 0 Å². The third kappa shape index (κ3) is 4.70. The van der Waals surface area contributed by atoms with Gasteiger partial charge in [-0.3, -0.25) is 0 Å². The van der Waals surface area contributed by atoms with E-state index in [0.29, 0.717) is 0 Å². The van der Waals surface area contributed by atoms with E-state index in [1.165, 1.54) is 118 Å². The van der Waals surface area contributed by atoms with Crippen molar-refractivity contribution in [1.82, 2.24) is 9.13 Å². The highest BCUT2D eigenvalue weighted by Gasteiger charge is 2.17. The molecule has 2 nitrogen and oxygen atoms in total. The average Bonchev–Trinajstić information content (AvgIpc) is 4.02. The first kappa shape index (κ1) is 32.1. The minimum absolute atomic E-state index is 1.17. The lowest BCUT2D eigenvalue weighted by molar-refractivity contribution is 1.18. The van der Waals surface area contributed by atoms with E-state index in [2.05, 4.69) is 203 Å². The van der Waals surface area contributed by atoms with Crippen LogP contribution in [0.1, 0.15) is 0 Å². The second kappa shape index (κ2) is 12.3. The molecule has 0 aliphatic heterocycles. The van der Waals surface area contributed by atoms with Gasteiger partial charge < -0.3 is 9.13 Å². The van der Waals surface area contributed by atoms with E-state index in [-0.39, 0.29) is 0 Å². The van der Waals surface area contributed by atoms with Crippen LogP contribution in [0.15, 0.2) is 194 Å². The number of fused-ring (bicyclic) bond motifs is 12. The van der Waals surface area contributed by atoms with Crippen molar-refractivity contribution in [3.63, 3.8) is 0 Å². The number of nitrogens with zero attached hydrogens (tertiary/aromatic N) is 2. The van der Waals surface area contributed by atoms with Crippen LogP contribution in [0, 0.1) is 0 Å². The van der Waals surface area contributed by atoms with Crippen molar-refractivity contribution < 1.29 is 0 Å². The van der Waals surface area contributed by atoms with Crippen LogP contribution >= 0.6 is 22.7 Å². The normalized spacial score (nSPS) is 12.1. The summed E-state index contributed by atoms with van der Waals surface area (Å²) >= 11 is 3.75. The molecular weight excluding hydrogens is 741 g/mol. The van der Waals surface area contributed by atoms with Crippen molar-refractivity contribution in [3.8, 4) is 33.6 Å². The maximum absolute atomic E-state index is 2.43. The van der Waals surface area contributed by atoms with Crippen molar-refractivity contribution in [2.24, 2.45) is 0 Å². The van der Waals surface area contributed by atoms with Gasteiger partial charge in [-0.15, -0.1) is 22.7 Å². The summed E-state index contributed by atoms with van der Waals surface area (Å²) in [5, 5.41) is 10.5. The number of hydrogen-bond donors (Lipinski definition) is 0. The predicted octanol–water partition coefficient (Wildman–Crippen LogP) is 16.0. The molecule has 0 saturated carbocycles. The molecule has 0 amide bonds. The van der Waals surface area contributed by atoms with Crippen molar-refractivity contribution in [2.45, 2.75) is 0 Å². The van der Waals surface area contributed by atoms with Crippen molar-refractivity contribution >= 4 is 107 Å². The predicted molar refractivity (Wildman–Crippen MR) is 252 cm³/mol. The molecule has 0 bridgehead atoms. The van der Waals surface area contributed by atoms with Crippen LogP contribution in [-0.4, -0.2) is 9.13 Å². The molecule has 0 fully saturated rings. The maximum atomic E-state index is 2.43. The summed E-state index contributed by atoms with van der Waals surface area (Å²) in [7, 11) is 0. The molecule has 0 unspecified atom stereocenters. The Hall–Kier alpha value is -6.98. The molecule has 4 heterocycles. The lowest BCUT2D eigenvalue weighted by Crippen LogP contribution is -1.94. The lowest BCUT2D eigenvalue weighted by Gasteiger charge is -2.11. The number of hydrogen-bond acceptors (Lipinski definition) is 2. The fourth-order valence-electron chi connectivity index (χ4n) is 9.39. The first-order valence-corrected chi connectivity index (χ1v) is 21.4. The molecule has 13 rings (SSSR count). The average molecular weight is 773 g/mol. The van der Waals surface area contributed by atoms with Crippen molar-refractivity contribution in [2.75, 3.05) is 0 Å². The van der Waals surface area contributed by atoms with E-state index in [1.54, 1.807) is 0 Å². The van der Waals surface area contributed by atoms with E-state index >= 15 is 0 Å². The van der Waals surface area contributed by atoms with Crippen molar-refractivity contribution in [3.05, 3.63) is 194 Å². The maximum Gasteiger partial charge on any atom is 0.0555 e. The summed E-state index contributed by atoms with van der Waals surface area (Å²) in [4.78, 5) is 0. The van der Waals surface area contributed by atoms with Crippen LogP contribution in [0.5, 0.6) is 0 Å². The van der Waals surface area contributed by atoms with Crippen LogP contribution < -0.4 is 0 Å². The minimum atomic E-state index is 1.17. The fourth-order valence-corrected chi connectivity index (χ4v) is 11.6. The molecule has 0 aliphatic carbocycles. The Kier molecular flexibility index (Phi) is 6.79. The summed E-state index contributed by atoms with van der Waals surface area (Å²) in [6.07, 6.45) is 0. The largest absolute Gasteiger partial charge is 0.309 e. The number of para-hydroxylation sites is 2. The van der Waals surface area contributed by atoms with Gasteiger partial charge in [0.1, 0.15) is 0 Å². The minimum Gasteiger partial charge on any atom is -0.309 e. The molecule has 270 valence electrons. The highest BCUT2D eigenvalue weighted by molar-refractivity contribution is 7.26. The first-order chi connectivity index (χ1) is 28.7. The zero-order chi connectivity index (χ0) is 37.9. The molecule has 0 spiro atoms. The Labute approximate surface area is 341 Å². The second-order valence-corrected chi connectivity index (χ2v) is 17.5. The molecule has 13 aromatic rings. The molecule has 0 aliphatic rings. The monoisotopic (exact) mass is 772 g/mol. The van der Waals surface area contributed by atoms with Crippen molar-refractivity contribution in [1.29, 1.82) is 0 Å². The van der Waals surface area contributed by atoms with E-state index < -0.39 is 0 Å². The van der Waals surface area contributed by atoms with Gasteiger partial charge in [0, 0.05) is 73.3 Å². The van der Waals surface area contributed by atoms with Crippen LogP contribution in [0.4, 0.5) is 0 Å². The Morgan fingerprint density at radius 1 is 0.241 bits per heavy atom. The molecule has 0 radical (unpaired) electrons. The highest BCUT2D eigenvalue weighted by atomic mass is 32.1. The Morgan fingerprint density at radius 3 is 1.00 bits per heavy atom. The number of thiophene rings is 2. The van der Waals surface area contributed by atoms with Gasteiger partial charge in [0.05, 0.1) is 22.1 Å². The van der Waals surface area contributed by atoms with E-state index in [9.17, 15) is 0 Å². The fraction of sp³-hybridized carbons (Fsp3) is 0. The van der Waals surface area contributed by atoms with E-state index in [1.807, 2.05) is 22.7 Å². The first-order valence-electron chi connectivity index (χ1n) is 19.7. The third-order valence-electron chi connectivity index (χ3n) is 12.1. The molecular formula is C54H32N2S2. The van der Waals surface area contributed by atoms with Crippen LogP contribution in [0.2, 0.25) is 0 Å². The molecule has 0 atom stereocenters. The Balaban J connectivity index is 0.832. The molecule has 4 heteroatoms. The lowest BCUT2D eigenvalue weighted by atomic mass is 10.00. The van der Waals surface area contributed by atoms with Gasteiger partial charge in [-0.25, -0.2) is 0 Å². The second-order valence-electron chi connectivity index (χ2n) is 15.3. The van der Waals surface area contributed by atoms with E-state index in [0.717, 1.165) is 0 Å².